The van der Waals surface area contributed by atoms with E-state index in [1.54, 1.807) is 23.9 Å². The SMILES string of the molecule is COc1nn(C)c2nc(C)c(CCC(=O)Nc3ccccc3N)c(C)c12.Cl.Cl. The molecule has 1 aromatic carbocycles. The number of benzene rings is 1. The second kappa shape index (κ2) is 9.61. The zero-order chi connectivity index (χ0) is 18.8. The van der Waals surface area contributed by atoms with Gasteiger partial charge < -0.3 is 15.8 Å². The lowest BCUT2D eigenvalue weighted by molar-refractivity contribution is -0.116. The highest BCUT2D eigenvalue weighted by molar-refractivity contribution is 5.94. The smallest absolute Gasteiger partial charge is 0.242 e. The average Bonchev–Trinajstić information content (AvgIpc) is 2.93. The monoisotopic (exact) mass is 425 g/mol. The van der Waals surface area contributed by atoms with Crippen molar-refractivity contribution in [3.05, 3.63) is 41.1 Å². The molecule has 3 N–H and O–H groups in total. The van der Waals surface area contributed by atoms with E-state index in [1.807, 2.05) is 33.0 Å². The second-order valence-electron chi connectivity index (χ2n) is 6.27. The van der Waals surface area contributed by atoms with Crippen molar-refractivity contribution in [2.24, 2.45) is 7.05 Å². The molecule has 0 atom stereocenters. The van der Waals surface area contributed by atoms with Gasteiger partial charge in [0.15, 0.2) is 5.65 Å². The van der Waals surface area contributed by atoms with Crippen LogP contribution in [0.3, 0.4) is 0 Å². The molecule has 0 radical (unpaired) electrons. The molecule has 3 rings (SSSR count). The largest absolute Gasteiger partial charge is 0.479 e. The first-order chi connectivity index (χ1) is 12.4. The molecule has 2 aromatic heterocycles. The van der Waals surface area contributed by atoms with Crippen molar-refractivity contribution in [3.63, 3.8) is 0 Å². The molecule has 0 bridgehead atoms. The quantitative estimate of drug-likeness (QED) is 0.608. The predicted octanol–water partition coefficient (Wildman–Crippen LogP) is 3.59. The minimum atomic E-state index is -0.0834. The molecule has 0 aliphatic carbocycles. The molecule has 152 valence electrons. The van der Waals surface area contributed by atoms with Gasteiger partial charge in [-0.15, -0.1) is 29.9 Å². The number of rotatable bonds is 5. The van der Waals surface area contributed by atoms with Crippen molar-refractivity contribution in [2.45, 2.75) is 26.7 Å². The van der Waals surface area contributed by atoms with Crippen LogP contribution in [0.25, 0.3) is 11.0 Å². The van der Waals surface area contributed by atoms with Crippen LogP contribution in [-0.2, 0) is 18.3 Å². The van der Waals surface area contributed by atoms with Gasteiger partial charge in [-0.25, -0.2) is 9.67 Å². The first-order valence-corrected chi connectivity index (χ1v) is 8.43. The third-order valence-corrected chi connectivity index (χ3v) is 4.55. The van der Waals surface area contributed by atoms with Gasteiger partial charge in [0.05, 0.1) is 23.9 Å². The molecule has 0 aliphatic rings. The fraction of sp³-hybridized carbons (Fsp3) is 0.316. The number of para-hydroxylation sites is 2. The molecular formula is C19H25Cl2N5O2. The number of nitrogens with one attached hydrogen (secondary N) is 1. The van der Waals surface area contributed by atoms with Gasteiger partial charge in [0, 0.05) is 19.2 Å². The average molecular weight is 426 g/mol. The normalized spacial score (nSPS) is 10.1. The number of nitrogens with two attached hydrogens (primary N) is 1. The molecule has 9 heteroatoms. The van der Waals surface area contributed by atoms with E-state index >= 15 is 0 Å². The number of nitrogen functional groups attached to an aromatic ring is 1. The number of carbonyl (C=O) groups excluding carboxylic acids is 1. The Morgan fingerprint density at radius 3 is 2.57 bits per heavy atom. The Morgan fingerprint density at radius 2 is 1.93 bits per heavy atom. The Bertz CT molecular complexity index is 988. The third-order valence-electron chi connectivity index (χ3n) is 4.55. The Hall–Kier alpha value is -2.51. The number of fused-ring (bicyclic) bond motifs is 1. The van der Waals surface area contributed by atoms with Crippen LogP contribution in [0.5, 0.6) is 5.88 Å². The lowest BCUT2D eigenvalue weighted by Gasteiger charge is -2.12. The molecule has 7 nitrogen and oxygen atoms in total. The van der Waals surface area contributed by atoms with Crippen LogP contribution in [0.15, 0.2) is 24.3 Å². The highest BCUT2D eigenvalue weighted by Crippen LogP contribution is 2.30. The van der Waals surface area contributed by atoms with Crippen LogP contribution < -0.4 is 15.8 Å². The number of amides is 1. The molecule has 0 saturated carbocycles. The number of methoxy groups -OCH3 is 1. The summed E-state index contributed by atoms with van der Waals surface area (Å²) in [6.45, 7) is 3.97. The van der Waals surface area contributed by atoms with Crippen LogP contribution in [-0.4, -0.2) is 27.8 Å². The number of aryl methyl sites for hydroxylation is 3. The molecule has 28 heavy (non-hydrogen) atoms. The molecule has 3 aromatic rings. The van der Waals surface area contributed by atoms with E-state index in [0.29, 0.717) is 30.1 Å². The fourth-order valence-corrected chi connectivity index (χ4v) is 3.17. The summed E-state index contributed by atoms with van der Waals surface area (Å²) in [4.78, 5) is 17.0. The van der Waals surface area contributed by atoms with Crippen molar-refractivity contribution >= 4 is 53.1 Å². The van der Waals surface area contributed by atoms with Gasteiger partial charge >= 0.3 is 0 Å². The van der Waals surface area contributed by atoms with Gasteiger partial charge in [0.25, 0.3) is 0 Å². The topological polar surface area (TPSA) is 95.1 Å². The van der Waals surface area contributed by atoms with Crippen LogP contribution in [0.2, 0.25) is 0 Å². The first-order valence-electron chi connectivity index (χ1n) is 8.43. The van der Waals surface area contributed by atoms with Gasteiger partial charge in [0.1, 0.15) is 0 Å². The Balaban J connectivity index is 0.00000196. The van der Waals surface area contributed by atoms with Crippen LogP contribution >= 0.6 is 24.8 Å². The number of halogens is 2. The number of pyridine rings is 1. The minimum Gasteiger partial charge on any atom is -0.479 e. The molecule has 0 saturated heterocycles. The summed E-state index contributed by atoms with van der Waals surface area (Å²) >= 11 is 0. The molecular weight excluding hydrogens is 401 g/mol. The van der Waals surface area contributed by atoms with Crippen molar-refractivity contribution in [1.29, 1.82) is 0 Å². The van der Waals surface area contributed by atoms with Crippen molar-refractivity contribution < 1.29 is 9.53 Å². The van der Waals surface area contributed by atoms with Gasteiger partial charge in [-0.05, 0) is 43.5 Å². The molecule has 0 fully saturated rings. The molecule has 1 amide bonds. The number of ether oxygens (including phenoxy) is 1. The van der Waals surface area contributed by atoms with Gasteiger partial charge in [-0.2, -0.15) is 0 Å². The lowest BCUT2D eigenvalue weighted by atomic mass is 10.00. The zero-order valence-electron chi connectivity index (χ0n) is 16.3. The number of hydrogen-bond donors (Lipinski definition) is 2. The predicted molar refractivity (Wildman–Crippen MR) is 117 cm³/mol. The number of aromatic nitrogens is 3. The molecule has 0 unspecified atom stereocenters. The highest BCUT2D eigenvalue weighted by atomic mass is 35.5. The van der Waals surface area contributed by atoms with E-state index in [2.05, 4.69) is 15.4 Å². The summed E-state index contributed by atoms with van der Waals surface area (Å²) in [5.74, 6) is 0.468. The lowest BCUT2D eigenvalue weighted by Crippen LogP contribution is -2.14. The van der Waals surface area contributed by atoms with Gasteiger partial charge in [-0.3, -0.25) is 4.79 Å². The Labute approximate surface area is 176 Å². The number of hydrogen-bond acceptors (Lipinski definition) is 5. The highest BCUT2D eigenvalue weighted by Gasteiger charge is 2.18. The first kappa shape index (κ1) is 23.5. The van der Waals surface area contributed by atoms with Crippen LogP contribution in [0.1, 0.15) is 23.2 Å². The maximum atomic E-state index is 12.3. The summed E-state index contributed by atoms with van der Waals surface area (Å²) < 4.78 is 7.09. The third kappa shape index (κ3) is 4.48. The van der Waals surface area contributed by atoms with E-state index in [-0.39, 0.29) is 30.7 Å². The Morgan fingerprint density at radius 1 is 1.25 bits per heavy atom. The maximum Gasteiger partial charge on any atom is 0.242 e. The van der Waals surface area contributed by atoms with Crippen molar-refractivity contribution in [3.8, 4) is 5.88 Å². The van der Waals surface area contributed by atoms with Crippen molar-refractivity contribution in [1.82, 2.24) is 14.8 Å². The van der Waals surface area contributed by atoms with E-state index in [9.17, 15) is 4.79 Å². The summed E-state index contributed by atoms with van der Waals surface area (Å²) in [7, 11) is 3.44. The van der Waals surface area contributed by atoms with E-state index in [0.717, 1.165) is 27.9 Å². The molecule has 0 aliphatic heterocycles. The van der Waals surface area contributed by atoms with E-state index in [1.165, 1.54) is 0 Å². The molecule has 0 spiro atoms. The summed E-state index contributed by atoms with van der Waals surface area (Å²) in [5, 5.41) is 8.10. The second-order valence-corrected chi connectivity index (χ2v) is 6.27. The van der Waals surface area contributed by atoms with Gasteiger partial charge in [-0.1, -0.05) is 12.1 Å². The Kier molecular flexibility index (Phi) is 8.08. The standard InChI is InChI=1S/C19H23N5O2.2ClH/c1-11-13(9-10-16(25)22-15-8-6-5-7-14(15)20)12(2)21-18-17(11)19(26-4)23-24(18)3;;/h5-8H,9-10,20H2,1-4H3,(H,22,25);2*1H. The maximum absolute atomic E-state index is 12.3. The van der Waals surface area contributed by atoms with E-state index < -0.39 is 0 Å². The summed E-state index contributed by atoms with van der Waals surface area (Å²) in [5.41, 5.74) is 10.8. The number of carbonyl (C=O) groups is 1. The van der Waals surface area contributed by atoms with Crippen LogP contribution in [0, 0.1) is 13.8 Å². The van der Waals surface area contributed by atoms with Crippen molar-refractivity contribution in [2.75, 3.05) is 18.2 Å². The summed E-state index contributed by atoms with van der Waals surface area (Å²) in [6.07, 6.45) is 0.920. The van der Waals surface area contributed by atoms with Crippen LogP contribution in [0.4, 0.5) is 11.4 Å². The number of anilines is 2. The molecule has 2 heterocycles. The van der Waals surface area contributed by atoms with E-state index in [4.69, 9.17) is 10.5 Å². The number of nitrogens with zero attached hydrogens (tertiary/aromatic N) is 3. The zero-order valence-corrected chi connectivity index (χ0v) is 17.9. The van der Waals surface area contributed by atoms with Gasteiger partial charge in [0.2, 0.25) is 11.8 Å². The summed E-state index contributed by atoms with van der Waals surface area (Å²) in [6, 6.07) is 7.22. The minimum absolute atomic E-state index is 0. The fourth-order valence-electron chi connectivity index (χ4n) is 3.17.